The van der Waals surface area contributed by atoms with Gasteiger partial charge in [-0.2, -0.15) is 0 Å². The van der Waals surface area contributed by atoms with Gasteiger partial charge in [0.15, 0.2) is 5.78 Å². The number of Topliss-reactive ketones (excluding diaryl/α,β-unsaturated/α-hetero) is 1. The van der Waals surface area contributed by atoms with Crippen LogP contribution in [0.1, 0.15) is 50.5 Å². The van der Waals surface area contributed by atoms with Crippen LogP contribution in [0.5, 0.6) is 0 Å². The second kappa shape index (κ2) is 8.80. The predicted octanol–water partition coefficient (Wildman–Crippen LogP) is 3.94. The van der Waals surface area contributed by atoms with Gasteiger partial charge in [0.1, 0.15) is 6.61 Å². The topological polar surface area (TPSA) is 108 Å². The number of rotatable bonds is 5. The lowest BCUT2D eigenvalue weighted by molar-refractivity contribution is -0.384. The number of hydrogen-bond acceptors (Lipinski definition) is 7. The number of nitro benzene ring substituents is 1. The predicted molar refractivity (Wildman–Crippen MR) is 113 cm³/mol. The van der Waals surface area contributed by atoms with Gasteiger partial charge in [-0.1, -0.05) is 11.6 Å². The van der Waals surface area contributed by atoms with Gasteiger partial charge in [-0.3, -0.25) is 14.9 Å². The number of dihydropyridines is 1. The van der Waals surface area contributed by atoms with Crippen molar-refractivity contribution in [2.24, 2.45) is 0 Å². The molecule has 1 fully saturated rings. The maximum Gasteiger partial charge on any atom is 0.336 e. The van der Waals surface area contributed by atoms with Crippen molar-refractivity contribution < 1.29 is 24.0 Å². The summed E-state index contributed by atoms with van der Waals surface area (Å²) in [6, 6.07) is 4.07. The summed E-state index contributed by atoms with van der Waals surface area (Å²) in [5, 5.41) is 14.8. The average Bonchev–Trinajstić information content (AvgIpc) is 3.25. The van der Waals surface area contributed by atoms with Crippen molar-refractivity contribution in [3.8, 4) is 0 Å². The van der Waals surface area contributed by atoms with Crippen LogP contribution in [0.3, 0.4) is 0 Å². The Labute approximate surface area is 184 Å². The normalized spacial score (nSPS) is 23.5. The molecule has 1 aromatic rings. The second-order valence-corrected chi connectivity index (χ2v) is 8.37. The molecule has 1 aromatic carbocycles. The highest BCUT2D eigenvalue weighted by Gasteiger charge is 2.40. The molecule has 0 spiro atoms. The van der Waals surface area contributed by atoms with Crippen LogP contribution in [0, 0.1) is 10.1 Å². The summed E-state index contributed by atoms with van der Waals surface area (Å²) in [4.78, 5) is 36.9. The van der Waals surface area contributed by atoms with Crippen molar-refractivity contribution in [2.75, 3.05) is 13.2 Å². The Morgan fingerprint density at radius 1 is 1.35 bits per heavy atom. The quantitative estimate of drug-likeness (QED) is 0.414. The minimum atomic E-state index is -0.826. The number of hydrogen-bond donors (Lipinski definition) is 1. The minimum absolute atomic E-state index is 0.0988. The summed E-state index contributed by atoms with van der Waals surface area (Å²) in [5.41, 5.74) is 2.16. The Morgan fingerprint density at radius 3 is 2.87 bits per heavy atom. The molecule has 4 rings (SSSR count). The van der Waals surface area contributed by atoms with Crippen molar-refractivity contribution >= 4 is 29.0 Å². The van der Waals surface area contributed by atoms with E-state index in [2.05, 4.69) is 5.32 Å². The molecule has 3 aliphatic rings. The van der Waals surface area contributed by atoms with Gasteiger partial charge in [-0.05, 0) is 44.2 Å². The average molecular weight is 447 g/mol. The van der Waals surface area contributed by atoms with Crippen LogP contribution in [0.15, 0.2) is 40.7 Å². The highest BCUT2D eigenvalue weighted by atomic mass is 35.5. The maximum absolute atomic E-state index is 13.2. The van der Waals surface area contributed by atoms with Crippen molar-refractivity contribution in [3.63, 3.8) is 0 Å². The van der Waals surface area contributed by atoms with Crippen molar-refractivity contribution in [1.29, 1.82) is 0 Å². The SMILES string of the molecule is CC1=C(C(=O)OC[C@@H]2CCCO2)[C@@H](c2cc([N+](=O)[O-])ccc2Cl)C2=C(CCCC2=O)N1. The molecular formula is C22H23ClN2O6. The third-order valence-corrected chi connectivity index (χ3v) is 6.27. The molecule has 0 unspecified atom stereocenters. The minimum Gasteiger partial charge on any atom is -0.459 e. The van der Waals surface area contributed by atoms with Crippen LogP contribution in [0.4, 0.5) is 5.69 Å². The summed E-state index contributed by atoms with van der Waals surface area (Å²) in [6.07, 6.45) is 3.29. The number of esters is 1. The van der Waals surface area contributed by atoms with Crippen LogP contribution in [0.2, 0.25) is 5.02 Å². The van der Waals surface area contributed by atoms with Crippen LogP contribution in [-0.2, 0) is 19.1 Å². The van der Waals surface area contributed by atoms with E-state index in [9.17, 15) is 19.7 Å². The molecule has 0 bridgehead atoms. The number of nitro groups is 1. The van der Waals surface area contributed by atoms with Crippen LogP contribution in [-0.4, -0.2) is 36.0 Å². The molecule has 2 heterocycles. The lowest BCUT2D eigenvalue weighted by atomic mass is 9.75. The van der Waals surface area contributed by atoms with Gasteiger partial charge < -0.3 is 14.8 Å². The van der Waals surface area contributed by atoms with Gasteiger partial charge >= 0.3 is 5.97 Å². The molecule has 9 heteroatoms. The van der Waals surface area contributed by atoms with Gasteiger partial charge in [0.2, 0.25) is 0 Å². The Balaban J connectivity index is 1.77. The smallest absolute Gasteiger partial charge is 0.336 e. The molecular weight excluding hydrogens is 424 g/mol. The van der Waals surface area contributed by atoms with E-state index in [0.29, 0.717) is 42.7 Å². The van der Waals surface area contributed by atoms with Gasteiger partial charge in [0, 0.05) is 53.1 Å². The lowest BCUT2D eigenvalue weighted by Gasteiger charge is -2.34. The first kappa shape index (κ1) is 21.5. The number of nitrogens with zero attached hydrogens (tertiary/aromatic N) is 1. The Hall–Kier alpha value is -2.71. The first-order valence-corrected chi connectivity index (χ1v) is 10.7. The van der Waals surface area contributed by atoms with Gasteiger partial charge in [-0.15, -0.1) is 0 Å². The molecule has 0 saturated carbocycles. The Bertz CT molecular complexity index is 1010. The fourth-order valence-electron chi connectivity index (χ4n) is 4.45. The summed E-state index contributed by atoms with van der Waals surface area (Å²) < 4.78 is 11.1. The number of carbonyl (C=O) groups is 2. The van der Waals surface area contributed by atoms with Crippen molar-refractivity contribution in [1.82, 2.24) is 5.32 Å². The van der Waals surface area contributed by atoms with Crippen molar-refractivity contribution in [2.45, 2.75) is 51.0 Å². The molecule has 164 valence electrons. The zero-order valence-electron chi connectivity index (χ0n) is 17.1. The zero-order valence-corrected chi connectivity index (χ0v) is 17.9. The van der Waals surface area contributed by atoms with E-state index >= 15 is 0 Å². The van der Waals surface area contributed by atoms with Gasteiger partial charge in [0.05, 0.1) is 16.6 Å². The Morgan fingerprint density at radius 2 is 2.16 bits per heavy atom. The molecule has 0 radical (unpaired) electrons. The first-order valence-electron chi connectivity index (χ1n) is 10.3. The molecule has 0 amide bonds. The molecule has 0 aromatic heterocycles. The largest absolute Gasteiger partial charge is 0.459 e. The van der Waals surface area contributed by atoms with Crippen LogP contribution in [0.25, 0.3) is 0 Å². The first-order chi connectivity index (χ1) is 14.9. The fourth-order valence-corrected chi connectivity index (χ4v) is 4.68. The second-order valence-electron chi connectivity index (χ2n) is 7.96. The van der Waals surface area contributed by atoms with E-state index < -0.39 is 16.8 Å². The van der Waals surface area contributed by atoms with Crippen LogP contribution >= 0.6 is 11.6 Å². The maximum atomic E-state index is 13.2. The molecule has 1 saturated heterocycles. The number of allylic oxidation sites excluding steroid dienone is 3. The van der Waals surface area contributed by atoms with Crippen LogP contribution < -0.4 is 5.32 Å². The highest BCUT2D eigenvalue weighted by Crippen LogP contribution is 2.45. The third kappa shape index (κ3) is 4.22. The summed E-state index contributed by atoms with van der Waals surface area (Å²) in [5.74, 6) is -1.51. The van der Waals surface area contributed by atoms with E-state index in [1.165, 1.54) is 18.2 Å². The van der Waals surface area contributed by atoms with E-state index in [-0.39, 0.29) is 34.8 Å². The molecule has 1 N–H and O–H groups in total. The number of carbonyl (C=O) groups excluding carboxylic acids is 2. The summed E-state index contributed by atoms with van der Waals surface area (Å²) in [7, 11) is 0. The van der Waals surface area contributed by atoms with Crippen molar-refractivity contribution in [3.05, 3.63) is 61.4 Å². The Kier molecular flexibility index (Phi) is 6.11. The van der Waals surface area contributed by atoms with E-state index in [0.717, 1.165) is 18.5 Å². The molecule has 31 heavy (non-hydrogen) atoms. The number of nitrogens with one attached hydrogen (secondary N) is 1. The third-order valence-electron chi connectivity index (χ3n) is 5.92. The van der Waals surface area contributed by atoms with Gasteiger partial charge in [-0.25, -0.2) is 4.79 Å². The lowest BCUT2D eigenvalue weighted by Crippen LogP contribution is -2.35. The monoisotopic (exact) mass is 446 g/mol. The number of halogens is 1. The summed E-state index contributed by atoms with van der Waals surface area (Å²) >= 11 is 6.44. The number of ketones is 1. The standard InChI is InChI=1S/C22H23ClN2O6/c1-12-19(22(27)31-11-14-4-3-9-30-14)20(21-17(24-12)5-2-6-18(21)26)15-10-13(25(28)29)7-8-16(15)23/h7-8,10,14,20,24H,2-6,9,11H2,1H3/t14-,20+/m0/s1. The molecule has 2 atom stereocenters. The van der Waals surface area contributed by atoms with E-state index in [4.69, 9.17) is 21.1 Å². The molecule has 1 aliphatic carbocycles. The number of benzene rings is 1. The summed E-state index contributed by atoms with van der Waals surface area (Å²) in [6.45, 7) is 2.50. The number of non-ortho nitro benzene ring substituents is 1. The zero-order chi connectivity index (χ0) is 22.1. The molecule has 8 nitrogen and oxygen atoms in total. The highest BCUT2D eigenvalue weighted by molar-refractivity contribution is 6.31. The van der Waals surface area contributed by atoms with Gasteiger partial charge in [0.25, 0.3) is 5.69 Å². The molecule has 2 aliphatic heterocycles. The van der Waals surface area contributed by atoms with E-state index in [1.54, 1.807) is 6.92 Å². The fraction of sp³-hybridized carbons (Fsp3) is 0.455. The number of ether oxygens (including phenoxy) is 2. The van der Waals surface area contributed by atoms with E-state index in [1.807, 2.05) is 0 Å².